The maximum Gasteiger partial charge on any atom is 0.188 e. The number of aliphatic hydroxyl groups is 1. The van der Waals surface area contributed by atoms with Crippen LogP contribution in [0.2, 0.25) is 5.02 Å². The fourth-order valence-electron chi connectivity index (χ4n) is 2.25. The third-order valence-corrected chi connectivity index (χ3v) is 5.97. The maximum absolute atomic E-state index is 12.4. The Morgan fingerprint density at radius 1 is 1.33 bits per heavy atom. The molecule has 0 aromatic heterocycles. The van der Waals surface area contributed by atoms with Crippen LogP contribution in [0.3, 0.4) is 0 Å². The van der Waals surface area contributed by atoms with Gasteiger partial charge in [-0.3, -0.25) is 0 Å². The molecule has 1 aromatic rings. The number of rotatable bonds is 2. The molecule has 0 heterocycles. The molecule has 7 heteroatoms. The predicted octanol–water partition coefficient (Wildman–Crippen LogP) is 1.31. The number of phenols is 1. The summed E-state index contributed by atoms with van der Waals surface area (Å²) in [5, 5.41) is 18.5. The summed E-state index contributed by atoms with van der Waals surface area (Å²) in [6.45, 7) is 0. The average Bonchev–Trinajstić information content (AvgIpc) is 2.71. The highest BCUT2D eigenvalue weighted by molar-refractivity contribution is 7.92. The van der Waals surface area contributed by atoms with Crippen LogP contribution in [0.25, 0.3) is 0 Å². The Bertz CT molecular complexity index is 573. The van der Waals surface area contributed by atoms with Crippen molar-refractivity contribution in [2.24, 2.45) is 0 Å². The number of anilines is 1. The molecule has 1 fully saturated rings. The number of nitrogen functional groups attached to an aromatic ring is 1. The van der Waals surface area contributed by atoms with Gasteiger partial charge in [-0.05, 0) is 31.4 Å². The molecule has 0 bridgehead atoms. The zero-order valence-electron chi connectivity index (χ0n) is 9.51. The zero-order valence-corrected chi connectivity index (χ0v) is 11.1. The van der Waals surface area contributed by atoms with Crippen LogP contribution >= 0.6 is 11.6 Å². The number of hydrogen-bond acceptors (Lipinski definition) is 5. The summed E-state index contributed by atoms with van der Waals surface area (Å²) < 4.78 is 24.8. The summed E-state index contributed by atoms with van der Waals surface area (Å²) in [6, 6.07) is 2.66. The number of benzene rings is 1. The molecule has 1 aliphatic rings. The van der Waals surface area contributed by atoms with Gasteiger partial charge in [0.1, 0.15) is 4.90 Å². The summed E-state index contributed by atoms with van der Waals surface area (Å²) in [6.07, 6.45) is 0.497. The highest BCUT2D eigenvalue weighted by Crippen LogP contribution is 2.40. The van der Waals surface area contributed by atoms with Gasteiger partial charge < -0.3 is 15.9 Å². The fourth-order valence-corrected chi connectivity index (χ4v) is 4.78. The molecular formula is C11H14ClNO4S. The van der Waals surface area contributed by atoms with Crippen LogP contribution in [0.1, 0.15) is 19.3 Å². The number of hydrogen-bond donors (Lipinski definition) is 3. The summed E-state index contributed by atoms with van der Waals surface area (Å²) in [7, 11) is -3.88. The molecule has 2 rings (SSSR count). The Labute approximate surface area is 110 Å². The van der Waals surface area contributed by atoms with Gasteiger partial charge >= 0.3 is 0 Å². The minimum absolute atomic E-state index is 0.0505. The van der Waals surface area contributed by atoms with E-state index in [-0.39, 0.29) is 15.6 Å². The summed E-state index contributed by atoms with van der Waals surface area (Å²) in [5.74, 6) is -0.540. The van der Waals surface area contributed by atoms with E-state index in [2.05, 4.69) is 0 Å². The van der Waals surface area contributed by atoms with Crippen molar-refractivity contribution >= 4 is 27.1 Å². The highest BCUT2D eigenvalue weighted by Gasteiger charge is 2.40. The van der Waals surface area contributed by atoms with Crippen molar-refractivity contribution in [3.63, 3.8) is 0 Å². The van der Waals surface area contributed by atoms with Gasteiger partial charge in [-0.2, -0.15) is 0 Å². The van der Waals surface area contributed by atoms with Crippen LogP contribution in [0.4, 0.5) is 5.69 Å². The number of halogens is 1. The van der Waals surface area contributed by atoms with Crippen molar-refractivity contribution in [2.45, 2.75) is 35.5 Å². The minimum Gasteiger partial charge on any atom is -0.504 e. The first-order valence-corrected chi connectivity index (χ1v) is 7.47. The number of phenolic OH excluding ortho intramolecular Hbond substituents is 1. The summed E-state index contributed by atoms with van der Waals surface area (Å²) in [4.78, 5) is -0.380. The smallest absolute Gasteiger partial charge is 0.188 e. The minimum atomic E-state index is -3.88. The van der Waals surface area contributed by atoms with E-state index in [4.69, 9.17) is 17.3 Å². The predicted molar refractivity (Wildman–Crippen MR) is 68.4 cm³/mol. The van der Waals surface area contributed by atoms with Crippen LogP contribution in [-0.2, 0) is 9.84 Å². The molecule has 0 saturated heterocycles. The van der Waals surface area contributed by atoms with Gasteiger partial charge in [0.05, 0.1) is 22.1 Å². The first kappa shape index (κ1) is 13.5. The monoisotopic (exact) mass is 291 g/mol. The molecule has 1 aromatic carbocycles. The van der Waals surface area contributed by atoms with E-state index in [0.717, 1.165) is 0 Å². The zero-order chi connectivity index (χ0) is 13.5. The normalized spacial score (nSPS) is 24.3. The van der Waals surface area contributed by atoms with E-state index < -0.39 is 26.9 Å². The largest absolute Gasteiger partial charge is 0.504 e. The third kappa shape index (κ3) is 2.04. The molecule has 0 spiro atoms. The SMILES string of the molecule is Nc1ccc(Cl)c(S(=O)(=O)[C@H]2CCC[C@@H]2O)c1O. The van der Waals surface area contributed by atoms with E-state index >= 15 is 0 Å². The van der Waals surface area contributed by atoms with Crippen LogP contribution in [0.15, 0.2) is 17.0 Å². The molecule has 5 nitrogen and oxygen atoms in total. The van der Waals surface area contributed by atoms with Crippen molar-refractivity contribution in [1.82, 2.24) is 0 Å². The topological polar surface area (TPSA) is 101 Å². The second kappa shape index (κ2) is 4.60. The molecule has 1 saturated carbocycles. The van der Waals surface area contributed by atoms with Crippen LogP contribution in [0.5, 0.6) is 5.75 Å². The summed E-state index contributed by atoms with van der Waals surface area (Å²) in [5.41, 5.74) is 5.43. The Kier molecular flexibility index (Phi) is 3.44. The first-order chi connectivity index (χ1) is 8.35. The van der Waals surface area contributed by atoms with Gasteiger partial charge in [-0.1, -0.05) is 11.6 Å². The van der Waals surface area contributed by atoms with Gasteiger partial charge in [0.25, 0.3) is 0 Å². The van der Waals surface area contributed by atoms with Crippen molar-refractivity contribution in [2.75, 3.05) is 5.73 Å². The van der Waals surface area contributed by atoms with E-state index in [1.807, 2.05) is 0 Å². The van der Waals surface area contributed by atoms with Gasteiger partial charge in [0, 0.05) is 0 Å². The molecule has 0 amide bonds. The van der Waals surface area contributed by atoms with Crippen LogP contribution in [0, 0.1) is 0 Å². The Morgan fingerprint density at radius 2 is 2.00 bits per heavy atom. The molecule has 100 valence electrons. The Hall–Kier alpha value is -0.980. The lowest BCUT2D eigenvalue weighted by Gasteiger charge is -2.17. The van der Waals surface area contributed by atoms with Crippen LogP contribution in [-0.4, -0.2) is 30.0 Å². The van der Waals surface area contributed by atoms with Gasteiger partial charge in [-0.15, -0.1) is 0 Å². The van der Waals surface area contributed by atoms with Crippen molar-refractivity contribution in [3.05, 3.63) is 17.2 Å². The van der Waals surface area contributed by atoms with Crippen molar-refractivity contribution in [1.29, 1.82) is 0 Å². The molecule has 4 N–H and O–H groups in total. The van der Waals surface area contributed by atoms with Crippen molar-refractivity contribution < 1.29 is 18.6 Å². The van der Waals surface area contributed by atoms with Gasteiger partial charge in [0.2, 0.25) is 0 Å². The fraction of sp³-hybridized carbons (Fsp3) is 0.455. The average molecular weight is 292 g/mol. The lowest BCUT2D eigenvalue weighted by Crippen LogP contribution is -2.29. The second-order valence-corrected chi connectivity index (χ2v) is 6.91. The van der Waals surface area contributed by atoms with E-state index in [1.54, 1.807) is 0 Å². The van der Waals surface area contributed by atoms with Gasteiger partial charge in [0.15, 0.2) is 15.6 Å². The highest BCUT2D eigenvalue weighted by atomic mass is 35.5. The third-order valence-electron chi connectivity index (χ3n) is 3.22. The number of nitrogens with two attached hydrogens (primary N) is 1. The van der Waals surface area contributed by atoms with E-state index in [1.165, 1.54) is 12.1 Å². The van der Waals surface area contributed by atoms with E-state index in [0.29, 0.717) is 19.3 Å². The first-order valence-electron chi connectivity index (χ1n) is 5.54. The van der Waals surface area contributed by atoms with E-state index in [9.17, 15) is 18.6 Å². The van der Waals surface area contributed by atoms with Crippen molar-refractivity contribution in [3.8, 4) is 5.75 Å². The number of aliphatic hydroxyl groups excluding tert-OH is 1. The molecule has 2 atom stereocenters. The van der Waals surface area contributed by atoms with Gasteiger partial charge in [-0.25, -0.2) is 8.42 Å². The lowest BCUT2D eigenvalue weighted by atomic mass is 10.3. The summed E-state index contributed by atoms with van der Waals surface area (Å²) >= 11 is 5.84. The molecule has 0 aliphatic heterocycles. The number of sulfone groups is 1. The Balaban J connectivity index is 2.58. The van der Waals surface area contributed by atoms with Crippen LogP contribution < -0.4 is 5.73 Å². The number of aromatic hydroxyl groups is 1. The second-order valence-electron chi connectivity index (χ2n) is 4.40. The quantitative estimate of drug-likeness (QED) is 0.563. The standard InChI is InChI=1S/C11H14ClNO4S/c12-6-4-5-7(13)10(15)11(6)18(16,17)9-3-1-2-8(9)14/h4-5,8-9,14-15H,1-3,13H2/t8-,9-/m0/s1. The molecule has 0 radical (unpaired) electrons. The molecular weight excluding hydrogens is 278 g/mol. The molecule has 0 unspecified atom stereocenters. The molecule has 18 heavy (non-hydrogen) atoms. The Morgan fingerprint density at radius 3 is 2.56 bits per heavy atom. The lowest BCUT2D eigenvalue weighted by molar-refractivity contribution is 0.185. The molecule has 1 aliphatic carbocycles. The maximum atomic E-state index is 12.4.